The van der Waals surface area contributed by atoms with Crippen LogP contribution < -0.4 is 5.32 Å². The molecule has 2 aliphatic rings. The first-order valence-corrected chi connectivity index (χ1v) is 5.81. The van der Waals surface area contributed by atoms with Gasteiger partial charge in [-0.05, 0) is 38.0 Å². The zero-order valence-electron chi connectivity index (χ0n) is 9.21. The number of rotatable bonds is 3. The largest absolute Gasteiger partial charge is 0.310 e. The molecular weight excluding hydrogens is 172 g/mol. The van der Waals surface area contributed by atoms with E-state index in [9.17, 15) is 0 Å². The van der Waals surface area contributed by atoms with Crippen LogP contribution >= 0.6 is 0 Å². The lowest BCUT2D eigenvalue weighted by atomic mass is 9.97. The maximum atomic E-state index is 8.98. The van der Waals surface area contributed by atoms with Crippen molar-refractivity contribution in [3.05, 3.63) is 0 Å². The second-order valence-electron chi connectivity index (χ2n) is 5.32. The normalized spacial score (nSPS) is 36.4. The fourth-order valence-electron chi connectivity index (χ4n) is 2.47. The van der Waals surface area contributed by atoms with E-state index in [0.29, 0.717) is 17.5 Å². The molecule has 2 rings (SSSR count). The monoisotopic (exact) mass is 192 g/mol. The Morgan fingerprint density at radius 2 is 2.14 bits per heavy atom. The van der Waals surface area contributed by atoms with Crippen molar-refractivity contribution in [2.45, 2.75) is 58.0 Å². The SMILES string of the molecule is CC(NC1CCCC1C#N)C1(C)CC1. The third-order valence-corrected chi connectivity index (χ3v) is 4.23. The quantitative estimate of drug-likeness (QED) is 0.745. The Morgan fingerprint density at radius 1 is 1.43 bits per heavy atom. The van der Waals surface area contributed by atoms with Gasteiger partial charge in [0.05, 0.1) is 12.0 Å². The molecule has 0 aromatic heterocycles. The van der Waals surface area contributed by atoms with Gasteiger partial charge in [-0.2, -0.15) is 5.26 Å². The van der Waals surface area contributed by atoms with Gasteiger partial charge in [-0.15, -0.1) is 0 Å². The van der Waals surface area contributed by atoms with E-state index in [0.717, 1.165) is 6.42 Å². The molecule has 0 aromatic carbocycles. The Hall–Kier alpha value is -0.550. The number of hydrogen-bond acceptors (Lipinski definition) is 2. The number of nitriles is 1. The van der Waals surface area contributed by atoms with Crippen molar-refractivity contribution >= 4 is 0 Å². The van der Waals surface area contributed by atoms with Crippen LogP contribution in [0, 0.1) is 22.7 Å². The number of nitrogens with one attached hydrogen (secondary N) is 1. The summed E-state index contributed by atoms with van der Waals surface area (Å²) in [5.74, 6) is 0.264. The molecule has 3 atom stereocenters. The minimum atomic E-state index is 0.264. The van der Waals surface area contributed by atoms with Gasteiger partial charge in [0.2, 0.25) is 0 Å². The molecule has 3 unspecified atom stereocenters. The molecular formula is C12H20N2. The van der Waals surface area contributed by atoms with Crippen LogP contribution in [0.15, 0.2) is 0 Å². The van der Waals surface area contributed by atoms with Crippen molar-refractivity contribution in [3.63, 3.8) is 0 Å². The lowest BCUT2D eigenvalue weighted by Crippen LogP contribution is -2.42. The highest BCUT2D eigenvalue weighted by atomic mass is 15.0. The van der Waals surface area contributed by atoms with Gasteiger partial charge in [0, 0.05) is 12.1 Å². The van der Waals surface area contributed by atoms with Crippen molar-refractivity contribution in [3.8, 4) is 6.07 Å². The summed E-state index contributed by atoms with van der Waals surface area (Å²) >= 11 is 0. The van der Waals surface area contributed by atoms with Gasteiger partial charge in [0.1, 0.15) is 0 Å². The average molecular weight is 192 g/mol. The summed E-state index contributed by atoms with van der Waals surface area (Å²) in [5, 5.41) is 12.6. The molecule has 0 amide bonds. The smallest absolute Gasteiger partial charge is 0.0672 e. The summed E-state index contributed by atoms with van der Waals surface area (Å²) in [5.41, 5.74) is 0.530. The summed E-state index contributed by atoms with van der Waals surface area (Å²) < 4.78 is 0. The van der Waals surface area contributed by atoms with Crippen LogP contribution in [0.3, 0.4) is 0 Å². The third kappa shape index (κ3) is 1.79. The fraction of sp³-hybridized carbons (Fsp3) is 0.917. The van der Waals surface area contributed by atoms with E-state index < -0.39 is 0 Å². The van der Waals surface area contributed by atoms with Crippen LogP contribution in [-0.2, 0) is 0 Å². The van der Waals surface area contributed by atoms with E-state index >= 15 is 0 Å². The third-order valence-electron chi connectivity index (χ3n) is 4.23. The lowest BCUT2D eigenvalue weighted by Gasteiger charge is -2.26. The van der Waals surface area contributed by atoms with Gasteiger partial charge < -0.3 is 5.32 Å². The van der Waals surface area contributed by atoms with Gasteiger partial charge in [-0.3, -0.25) is 0 Å². The molecule has 2 fully saturated rings. The molecule has 0 heterocycles. The topological polar surface area (TPSA) is 35.8 Å². The van der Waals surface area contributed by atoms with Gasteiger partial charge in [0.15, 0.2) is 0 Å². The highest BCUT2D eigenvalue weighted by Crippen LogP contribution is 2.48. The standard InChI is InChI=1S/C12H20N2/c1-9(12(2)6-7-12)14-11-5-3-4-10(11)8-13/h9-11,14H,3-7H2,1-2H3. The first kappa shape index (κ1) is 9.98. The van der Waals surface area contributed by atoms with Crippen LogP contribution in [0.25, 0.3) is 0 Å². The van der Waals surface area contributed by atoms with Crippen LogP contribution in [0.1, 0.15) is 46.0 Å². The fourth-order valence-corrected chi connectivity index (χ4v) is 2.47. The van der Waals surface area contributed by atoms with Crippen molar-refractivity contribution < 1.29 is 0 Å². The molecule has 0 saturated heterocycles. The van der Waals surface area contributed by atoms with Crippen LogP contribution in [0.5, 0.6) is 0 Å². The zero-order chi connectivity index (χ0) is 10.2. The number of nitrogens with zero attached hydrogens (tertiary/aromatic N) is 1. The lowest BCUT2D eigenvalue weighted by molar-refractivity contribution is 0.321. The summed E-state index contributed by atoms with van der Waals surface area (Å²) in [6, 6.07) is 3.48. The summed E-state index contributed by atoms with van der Waals surface area (Å²) in [7, 11) is 0. The molecule has 0 aliphatic heterocycles. The van der Waals surface area contributed by atoms with Gasteiger partial charge in [-0.1, -0.05) is 13.3 Å². The van der Waals surface area contributed by atoms with E-state index in [2.05, 4.69) is 25.2 Å². The van der Waals surface area contributed by atoms with E-state index in [-0.39, 0.29) is 5.92 Å². The summed E-state index contributed by atoms with van der Waals surface area (Å²) in [4.78, 5) is 0. The maximum absolute atomic E-state index is 8.98. The first-order valence-electron chi connectivity index (χ1n) is 5.81. The van der Waals surface area contributed by atoms with Crippen molar-refractivity contribution in [2.24, 2.45) is 11.3 Å². The summed E-state index contributed by atoms with van der Waals surface area (Å²) in [6.07, 6.45) is 6.21. The molecule has 2 aliphatic carbocycles. The Balaban J connectivity index is 1.88. The van der Waals surface area contributed by atoms with Crippen LogP contribution in [-0.4, -0.2) is 12.1 Å². The minimum Gasteiger partial charge on any atom is -0.310 e. The van der Waals surface area contributed by atoms with Gasteiger partial charge >= 0.3 is 0 Å². The highest BCUT2D eigenvalue weighted by Gasteiger charge is 2.43. The van der Waals surface area contributed by atoms with Gasteiger partial charge in [0.25, 0.3) is 0 Å². The molecule has 0 bridgehead atoms. The zero-order valence-corrected chi connectivity index (χ0v) is 9.21. The van der Waals surface area contributed by atoms with Crippen molar-refractivity contribution in [1.29, 1.82) is 5.26 Å². The molecule has 78 valence electrons. The predicted octanol–water partition coefficient (Wildman–Crippen LogP) is 2.46. The second-order valence-corrected chi connectivity index (χ2v) is 5.32. The minimum absolute atomic E-state index is 0.264. The molecule has 0 radical (unpaired) electrons. The van der Waals surface area contributed by atoms with Crippen LogP contribution in [0.4, 0.5) is 0 Å². The Labute approximate surface area is 86.7 Å². The number of hydrogen-bond donors (Lipinski definition) is 1. The molecule has 0 aromatic rings. The Bertz CT molecular complexity index is 250. The molecule has 14 heavy (non-hydrogen) atoms. The molecule has 2 saturated carbocycles. The maximum Gasteiger partial charge on any atom is 0.0672 e. The average Bonchev–Trinajstić information content (AvgIpc) is 2.78. The van der Waals surface area contributed by atoms with Gasteiger partial charge in [-0.25, -0.2) is 0 Å². The van der Waals surface area contributed by atoms with E-state index in [1.165, 1.54) is 25.7 Å². The Kier molecular flexibility index (Phi) is 2.53. The van der Waals surface area contributed by atoms with Crippen molar-refractivity contribution in [2.75, 3.05) is 0 Å². The van der Waals surface area contributed by atoms with Crippen LogP contribution in [0.2, 0.25) is 0 Å². The molecule has 2 nitrogen and oxygen atoms in total. The molecule has 2 heteroatoms. The molecule has 1 N–H and O–H groups in total. The first-order chi connectivity index (χ1) is 6.65. The van der Waals surface area contributed by atoms with E-state index in [4.69, 9.17) is 5.26 Å². The Morgan fingerprint density at radius 3 is 2.71 bits per heavy atom. The van der Waals surface area contributed by atoms with Crippen molar-refractivity contribution in [1.82, 2.24) is 5.32 Å². The molecule has 0 spiro atoms. The summed E-state index contributed by atoms with van der Waals surface area (Å²) in [6.45, 7) is 4.63. The predicted molar refractivity (Wildman–Crippen MR) is 56.7 cm³/mol. The van der Waals surface area contributed by atoms with E-state index in [1.807, 2.05) is 0 Å². The highest BCUT2D eigenvalue weighted by molar-refractivity contribution is 5.02. The second kappa shape index (κ2) is 3.55. The van der Waals surface area contributed by atoms with E-state index in [1.54, 1.807) is 0 Å².